The third-order valence-corrected chi connectivity index (χ3v) is 3.10. The summed E-state index contributed by atoms with van der Waals surface area (Å²) in [5.74, 6) is -0.368. The van der Waals surface area contributed by atoms with Gasteiger partial charge in [0.05, 0.1) is 0 Å². The van der Waals surface area contributed by atoms with Gasteiger partial charge < -0.3 is 10.2 Å². The average molecular weight is 313 g/mol. The molecule has 0 radical (unpaired) electrons. The van der Waals surface area contributed by atoms with E-state index in [1.165, 1.54) is 4.90 Å². The van der Waals surface area contributed by atoms with E-state index in [9.17, 15) is 9.59 Å². The minimum absolute atomic E-state index is 0.129. The summed E-state index contributed by atoms with van der Waals surface area (Å²) < 4.78 is 0.838. The second kappa shape index (κ2) is 6.00. The van der Waals surface area contributed by atoms with E-state index in [2.05, 4.69) is 21.2 Å². The Bertz CT molecular complexity index is 472. The van der Waals surface area contributed by atoms with Crippen LogP contribution in [0.2, 0.25) is 0 Å². The Balaban J connectivity index is 2.83. The van der Waals surface area contributed by atoms with Crippen molar-refractivity contribution in [3.8, 4) is 0 Å². The summed E-state index contributed by atoms with van der Waals surface area (Å²) in [6, 6.07) is 4.95. The topological polar surface area (TPSA) is 49.4 Å². The average Bonchev–Trinajstić information content (AvgIpc) is 2.30. The molecule has 2 amide bonds. The molecule has 0 aliphatic rings. The van der Waals surface area contributed by atoms with E-state index in [0.29, 0.717) is 5.56 Å². The van der Waals surface area contributed by atoms with Gasteiger partial charge in [0.1, 0.15) is 6.04 Å². The number of hydrogen-bond donors (Lipinski definition) is 1. The van der Waals surface area contributed by atoms with Gasteiger partial charge in [0.25, 0.3) is 5.91 Å². The standard InChI is InChI=1S/C13H17BrN2O2/c1-8-5-6-10(14)7-11(8)12(17)15-9(2)13(18)16(3)4/h5-7,9H,1-4H3,(H,15,17). The summed E-state index contributed by atoms with van der Waals surface area (Å²) in [6.07, 6.45) is 0. The molecule has 1 atom stereocenters. The predicted octanol–water partition coefficient (Wildman–Crippen LogP) is 1.96. The van der Waals surface area contributed by atoms with E-state index in [1.54, 1.807) is 27.1 Å². The predicted molar refractivity (Wildman–Crippen MR) is 74.5 cm³/mol. The van der Waals surface area contributed by atoms with Gasteiger partial charge in [-0.15, -0.1) is 0 Å². The summed E-state index contributed by atoms with van der Waals surface area (Å²) >= 11 is 3.33. The van der Waals surface area contributed by atoms with E-state index >= 15 is 0 Å². The molecule has 0 bridgehead atoms. The van der Waals surface area contributed by atoms with Crippen molar-refractivity contribution >= 4 is 27.7 Å². The third kappa shape index (κ3) is 3.57. The number of aryl methyl sites for hydroxylation is 1. The van der Waals surface area contributed by atoms with Crippen molar-refractivity contribution in [3.63, 3.8) is 0 Å². The third-order valence-electron chi connectivity index (χ3n) is 2.60. The first-order chi connectivity index (χ1) is 8.32. The number of carbonyl (C=O) groups is 2. The van der Waals surface area contributed by atoms with E-state index in [1.807, 2.05) is 19.1 Å². The number of carbonyl (C=O) groups excluding carboxylic acids is 2. The van der Waals surface area contributed by atoms with Gasteiger partial charge in [-0.1, -0.05) is 22.0 Å². The van der Waals surface area contributed by atoms with Crippen LogP contribution in [0.5, 0.6) is 0 Å². The SMILES string of the molecule is Cc1ccc(Br)cc1C(=O)NC(C)C(=O)N(C)C. The first-order valence-corrected chi connectivity index (χ1v) is 6.40. The van der Waals surface area contributed by atoms with Crippen LogP contribution < -0.4 is 5.32 Å². The van der Waals surface area contributed by atoms with Crippen LogP contribution in [0, 0.1) is 6.92 Å². The van der Waals surface area contributed by atoms with Crippen molar-refractivity contribution in [2.45, 2.75) is 19.9 Å². The fourth-order valence-electron chi connectivity index (χ4n) is 1.56. The molecule has 0 spiro atoms. The lowest BCUT2D eigenvalue weighted by atomic mass is 10.1. The molecule has 1 rings (SSSR count). The summed E-state index contributed by atoms with van der Waals surface area (Å²) in [6.45, 7) is 3.54. The highest BCUT2D eigenvalue weighted by Gasteiger charge is 2.18. The molecule has 0 aliphatic carbocycles. The number of nitrogens with one attached hydrogen (secondary N) is 1. The lowest BCUT2D eigenvalue weighted by Gasteiger charge is -2.18. The van der Waals surface area contributed by atoms with Crippen molar-refractivity contribution in [2.24, 2.45) is 0 Å². The van der Waals surface area contributed by atoms with Gasteiger partial charge in [-0.25, -0.2) is 0 Å². The van der Waals surface area contributed by atoms with Gasteiger partial charge in [0.2, 0.25) is 5.91 Å². The lowest BCUT2D eigenvalue weighted by molar-refractivity contribution is -0.130. The molecule has 1 aromatic rings. The van der Waals surface area contributed by atoms with Crippen LogP contribution in [-0.2, 0) is 4.79 Å². The van der Waals surface area contributed by atoms with Gasteiger partial charge in [0, 0.05) is 24.1 Å². The maximum atomic E-state index is 12.1. The summed E-state index contributed by atoms with van der Waals surface area (Å²) in [5.41, 5.74) is 1.45. The van der Waals surface area contributed by atoms with Crippen molar-refractivity contribution in [1.29, 1.82) is 0 Å². The molecule has 0 aliphatic heterocycles. The second-order valence-corrected chi connectivity index (χ2v) is 5.30. The zero-order chi connectivity index (χ0) is 13.9. The monoisotopic (exact) mass is 312 g/mol. The van der Waals surface area contributed by atoms with Crippen LogP contribution in [0.25, 0.3) is 0 Å². The highest BCUT2D eigenvalue weighted by Crippen LogP contribution is 2.16. The van der Waals surface area contributed by atoms with E-state index in [-0.39, 0.29) is 11.8 Å². The first-order valence-electron chi connectivity index (χ1n) is 5.61. The highest BCUT2D eigenvalue weighted by atomic mass is 79.9. The van der Waals surface area contributed by atoms with Crippen molar-refractivity contribution in [1.82, 2.24) is 10.2 Å². The van der Waals surface area contributed by atoms with Crippen LogP contribution >= 0.6 is 15.9 Å². The molecular formula is C13H17BrN2O2. The number of likely N-dealkylation sites (N-methyl/N-ethyl adjacent to an activating group) is 1. The number of nitrogens with zero attached hydrogens (tertiary/aromatic N) is 1. The molecule has 1 N–H and O–H groups in total. The Morgan fingerprint density at radius 2 is 1.94 bits per heavy atom. The molecule has 1 unspecified atom stereocenters. The maximum Gasteiger partial charge on any atom is 0.252 e. The van der Waals surface area contributed by atoms with Crippen LogP contribution in [0.4, 0.5) is 0 Å². The van der Waals surface area contributed by atoms with Crippen molar-refractivity contribution < 1.29 is 9.59 Å². The molecule has 0 saturated heterocycles. The number of halogens is 1. The zero-order valence-electron chi connectivity index (χ0n) is 11.0. The number of rotatable bonds is 3. The Hall–Kier alpha value is -1.36. The van der Waals surface area contributed by atoms with E-state index in [4.69, 9.17) is 0 Å². The van der Waals surface area contributed by atoms with Gasteiger partial charge >= 0.3 is 0 Å². The number of benzene rings is 1. The highest BCUT2D eigenvalue weighted by molar-refractivity contribution is 9.10. The molecule has 98 valence electrons. The van der Waals surface area contributed by atoms with Gasteiger partial charge in [0.15, 0.2) is 0 Å². The maximum absolute atomic E-state index is 12.1. The normalized spacial score (nSPS) is 11.8. The molecule has 0 saturated carbocycles. The Kier molecular flexibility index (Phi) is 4.90. The molecule has 0 fully saturated rings. The second-order valence-electron chi connectivity index (χ2n) is 4.39. The van der Waals surface area contributed by atoms with Crippen LogP contribution in [0.3, 0.4) is 0 Å². The molecule has 0 aromatic heterocycles. The number of hydrogen-bond acceptors (Lipinski definition) is 2. The smallest absolute Gasteiger partial charge is 0.252 e. The summed E-state index contributed by atoms with van der Waals surface area (Å²) in [5, 5.41) is 2.69. The molecular weight excluding hydrogens is 296 g/mol. The minimum atomic E-state index is -0.536. The molecule has 0 heterocycles. The van der Waals surface area contributed by atoms with Gasteiger partial charge in [-0.2, -0.15) is 0 Å². The van der Waals surface area contributed by atoms with E-state index < -0.39 is 6.04 Å². The quantitative estimate of drug-likeness (QED) is 0.927. The summed E-state index contributed by atoms with van der Waals surface area (Å²) in [4.78, 5) is 25.2. The van der Waals surface area contributed by atoms with Crippen LogP contribution in [0.1, 0.15) is 22.8 Å². The van der Waals surface area contributed by atoms with Gasteiger partial charge in [-0.05, 0) is 31.5 Å². The Morgan fingerprint density at radius 3 is 2.50 bits per heavy atom. The molecule has 1 aromatic carbocycles. The summed E-state index contributed by atoms with van der Waals surface area (Å²) in [7, 11) is 3.32. The van der Waals surface area contributed by atoms with Crippen LogP contribution in [-0.4, -0.2) is 36.9 Å². The lowest BCUT2D eigenvalue weighted by Crippen LogP contribution is -2.44. The molecule has 18 heavy (non-hydrogen) atoms. The fourth-order valence-corrected chi connectivity index (χ4v) is 1.92. The Morgan fingerprint density at radius 1 is 1.33 bits per heavy atom. The molecule has 5 heteroatoms. The van der Waals surface area contributed by atoms with Crippen molar-refractivity contribution in [2.75, 3.05) is 14.1 Å². The fraction of sp³-hybridized carbons (Fsp3) is 0.385. The molecule has 4 nitrogen and oxygen atoms in total. The number of amides is 2. The first kappa shape index (κ1) is 14.7. The minimum Gasteiger partial charge on any atom is -0.347 e. The van der Waals surface area contributed by atoms with Gasteiger partial charge in [-0.3, -0.25) is 9.59 Å². The van der Waals surface area contributed by atoms with Crippen LogP contribution in [0.15, 0.2) is 22.7 Å². The van der Waals surface area contributed by atoms with Crippen molar-refractivity contribution in [3.05, 3.63) is 33.8 Å². The largest absolute Gasteiger partial charge is 0.347 e. The zero-order valence-corrected chi connectivity index (χ0v) is 12.5. The Labute approximate surface area is 115 Å². The van der Waals surface area contributed by atoms with E-state index in [0.717, 1.165) is 10.0 Å².